The number of aromatic nitrogens is 1. The molecule has 0 aliphatic carbocycles. The molecule has 1 aromatic carbocycles. The van der Waals surface area contributed by atoms with Crippen LogP contribution in [0, 0.1) is 6.92 Å². The van der Waals surface area contributed by atoms with Gasteiger partial charge in [0.2, 0.25) is 0 Å². The van der Waals surface area contributed by atoms with Crippen molar-refractivity contribution in [2.45, 2.75) is 33.1 Å². The van der Waals surface area contributed by atoms with Crippen LogP contribution in [0.1, 0.15) is 42.1 Å². The van der Waals surface area contributed by atoms with Crippen molar-refractivity contribution in [3.05, 3.63) is 58.0 Å². The van der Waals surface area contributed by atoms with E-state index < -0.39 is 11.5 Å². The van der Waals surface area contributed by atoms with Gasteiger partial charge in [0.15, 0.2) is 0 Å². The minimum Gasteiger partial charge on any atom is -0.494 e. The van der Waals surface area contributed by atoms with Crippen molar-refractivity contribution in [2.75, 3.05) is 6.61 Å². The molecule has 0 radical (unpaired) electrons. The zero-order valence-electron chi connectivity index (χ0n) is 13.4. The van der Waals surface area contributed by atoms with E-state index in [1.807, 2.05) is 0 Å². The van der Waals surface area contributed by atoms with E-state index in [2.05, 4.69) is 6.92 Å². The number of hydrogen-bond acceptors (Lipinski definition) is 3. The first-order valence-electron chi connectivity index (χ1n) is 7.73. The summed E-state index contributed by atoms with van der Waals surface area (Å²) in [5.41, 5.74) is 0.328. The maximum atomic E-state index is 12.3. The number of aryl methyl sites for hydroxylation is 1. The number of nitrogens with zero attached hydrogens (tertiary/aromatic N) is 1. The van der Waals surface area contributed by atoms with E-state index in [4.69, 9.17) is 9.84 Å². The fourth-order valence-electron chi connectivity index (χ4n) is 2.34. The molecule has 23 heavy (non-hydrogen) atoms. The zero-order chi connectivity index (χ0) is 16.8. The van der Waals surface area contributed by atoms with Crippen molar-refractivity contribution < 1.29 is 14.6 Å². The highest BCUT2D eigenvalue weighted by Gasteiger charge is 2.15. The van der Waals surface area contributed by atoms with Gasteiger partial charge >= 0.3 is 5.97 Å². The minimum absolute atomic E-state index is 0.201. The predicted molar refractivity (Wildman–Crippen MR) is 88.8 cm³/mol. The highest BCUT2D eigenvalue weighted by atomic mass is 16.5. The molecule has 5 heteroatoms. The maximum Gasteiger partial charge on any atom is 0.341 e. The number of pyridine rings is 1. The molecule has 122 valence electrons. The summed E-state index contributed by atoms with van der Waals surface area (Å²) in [6.07, 6.45) is 4.87. The van der Waals surface area contributed by atoms with Crippen LogP contribution < -0.4 is 10.3 Å². The molecule has 0 aliphatic heterocycles. The Bertz CT molecular complexity index is 732. The van der Waals surface area contributed by atoms with Crippen molar-refractivity contribution in [3.8, 4) is 11.4 Å². The Labute approximate surface area is 135 Å². The average Bonchev–Trinajstić information content (AvgIpc) is 2.52. The molecule has 0 aliphatic rings. The summed E-state index contributed by atoms with van der Waals surface area (Å²) in [5, 5.41) is 9.17. The molecule has 0 saturated heterocycles. The lowest BCUT2D eigenvalue weighted by Gasteiger charge is -2.10. The highest BCUT2D eigenvalue weighted by Crippen LogP contribution is 2.15. The minimum atomic E-state index is -1.21. The van der Waals surface area contributed by atoms with Gasteiger partial charge in [-0.05, 0) is 49.2 Å². The van der Waals surface area contributed by atoms with Gasteiger partial charge in [-0.3, -0.25) is 9.36 Å². The van der Waals surface area contributed by atoms with Crippen LogP contribution in [-0.4, -0.2) is 22.2 Å². The quantitative estimate of drug-likeness (QED) is 0.795. The zero-order valence-corrected chi connectivity index (χ0v) is 13.4. The molecule has 0 unspecified atom stereocenters. The lowest BCUT2D eigenvalue weighted by molar-refractivity contribution is 0.0693. The number of carboxylic acids is 1. The van der Waals surface area contributed by atoms with E-state index in [0.717, 1.165) is 25.0 Å². The van der Waals surface area contributed by atoms with Crippen LogP contribution >= 0.6 is 0 Å². The van der Waals surface area contributed by atoms with Crippen LogP contribution in [-0.2, 0) is 0 Å². The molecule has 0 spiro atoms. The number of rotatable bonds is 7. The molecule has 1 aromatic heterocycles. The van der Waals surface area contributed by atoms with Gasteiger partial charge in [0.25, 0.3) is 5.56 Å². The Morgan fingerprint density at radius 2 is 1.87 bits per heavy atom. The van der Waals surface area contributed by atoms with E-state index in [1.165, 1.54) is 4.57 Å². The first kappa shape index (κ1) is 16.8. The van der Waals surface area contributed by atoms with Crippen LogP contribution in [0.3, 0.4) is 0 Å². The third-order valence-electron chi connectivity index (χ3n) is 3.65. The molecule has 0 saturated carbocycles. The van der Waals surface area contributed by atoms with Crippen LogP contribution in [0.4, 0.5) is 0 Å². The van der Waals surface area contributed by atoms with Crippen molar-refractivity contribution in [1.82, 2.24) is 4.57 Å². The molecular formula is C18H21NO4. The second kappa shape index (κ2) is 7.63. The van der Waals surface area contributed by atoms with Gasteiger partial charge in [0.05, 0.1) is 6.61 Å². The van der Waals surface area contributed by atoms with E-state index in [1.54, 1.807) is 43.5 Å². The predicted octanol–water partition coefficient (Wildman–Crippen LogP) is 3.41. The molecule has 0 bridgehead atoms. The summed E-state index contributed by atoms with van der Waals surface area (Å²) in [6.45, 7) is 4.42. The number of carbonyl (C=O) groups is 1. The summed E-state index contributed by atoms with van der Waals surface area (Å²) < 4.78 is 6.96. The monoisotopic (exact) mass is 315 g/mol. The molecule has 2 aromatic rings. The second-order valence-electron chi connectivity index (χ2n) is 5.40. The summed E-state index contributed by atoms with van der Waals surface area (Å²) >= 11 is 0. The smallest absolute Gasteiger partial charge is 0.341 e. The van der Waals surface area contributed by atoms with Crippen LogP contribution in [0.25, 0.3) is 5.69 Å². The van der Waals surface area contributed by atoms with Gasteiger partial charge < -0.3 is 9.84 Å². The van der Waals surface area contributed by atoms with Crippen molar-refractivity contribution >= 4 is 5.97 Å². The molecule has 1 N–H and O–H groups in total. The van der Waals surface area contributed by atoms with Crippen molar-refractivity contribution in [1.29, 1.82) is 0 Å². The lowest BCUT2D eigenvalue weighted by atomic mass is 10.1. The van der Waals surface area contributed by atoms with Crippen molar-refractivity contribution in [2.24, 2.45) is 0 Å². The number of aromatic carboxylic acids is 1. The Balaban J connectivity index is 2.22. The van der Waals surface area contributed by atoms with E-state index in [0.29, 0.717) is 17.9 Å². The third-order valence-corrected chi connectivity index (χ3v) is 3.65. The highest BCUT2D eigenvalue weighted by molar-refractivity contribution is 5.88. The first-order chi connectivity index (χ1) is 11.0. The van der Waals surface area contributed by atoms with Crippen LogP contribution in [0.2, 0.25) is 0 Å². The van der Waals surface area contributed by atoms with Gasteiger partial charge in [-0.15, -0.1) is 0 Å². The molecule has 1 heterocycles. The fourth-order valence-corrected chi connectivity index (χ4v) is 2.34. The van der Waals surface area contributed by atoms with Gasteiger partial charge in [-0.2, -0.15) is 0 Å². The molecule has 2 rings (SSSR count). The van der Waals surface area contributed by atoms with Gasteiger partial charge in [0.1, 0.15) is 11.3 Å². The number of benzene rings is 1. The normalized spacial score (nSPS) is 10.5. The van der Waals surface area contributed by atoms with Gasteiger partial charge in [-0.1, -0.05) is 19.8 Å². The standard InChI is InChI=1S/C18H21NO4/c1-3-4-5-12-23-15-8-6-14(7-9-15)19-11-10-13(2)16(17(19)20)18(21)22/h6-11H,3-5,12H2,1-2H3,(H,21,22). The summed E-state index contributed by atoms with van der Waals surface area (Å²) in [4.78, 5) is 23.5. The topological polar surface area (TPSA) is 68.5 Å². The van der Waals surface area contributed by atoms with Crippen LogP contribution in [0.15, 0.2) is 41.3 Å². The molecule has 0 atom stereocenters. The Morgan fingerprint density at radius 1 is 1.17 bits per heavy atom. The number of ether oxygens (including phenoxy) is 1. The fraction of sp³-hybridized carbons (Fsp3) is 0.333. The SMILES string of the molecule is CCCCCOc1ccc(-n2ccc(C)c(C(=O)O)c2=O)cc1. The van der Waals surface area contributed by atoms with Gasteiger partial charge in [-0.25, -0.2) is 4.79 Å². The van der Waals surface area contributed by atoms with E-state index in [-0.39, 0.29) is 5.56 Å². The van der Waals surface area contributed by atoms with E-state index in [9.17, 15) is 9.59 Å². The second-order valence-corrected chi connectivity index (χ2v) is 5.40. The van der Waals surface area contributed by atoms with Crippen molar-refractivity contribution in [3.63, 3.8) is 0 Å². The largest absolute Gasteiger partial charge is 0.494 e. The van der Waals surface area contributed by atoms with Crippen LogP contribution in [0.5, 0.6) is 5.75 Å². The Hall–Kier alpha value is -2.56. The third kappa shape index (κ3) is 4.00. The molecular weight excluding hydrogens is 294 g/mol. The summed E-state index contributed by atoms with van der Waals surface area (Å²) in [6, 6.07) is 8.69. The van der Waals surface area contributed by atoms with E-state index >= 15 is 0 Å². The summed E-state index contributed by atoms with van der Waals surface area (Å²) in [5.74, 6) is -0.471. The lowest BCUT2D eigenvalue weighted by Crippen LogP contribution is -2.25. The molecule has 0 amide bonds. The number of hydrogen-bond donors (Lipinski definition) is 1. The number of unbranched alkanes of at least 4 members (excludes halogenated alkanes) is 2. The first-order valence-corrected chi connectivity index (χ1v) is 7.73. The molecule has 0 fully saturated rings. The van der Waals surface area contributed by atoms with Gasteiger partial charge in [0, 0.05) is 11.9 Å². The Kier molecular flexibility index (Phi) is 5.57. The maximum absolute atomic E-state index is 12.3. The average molecular weight is 315 g/mol. The molecule has 5 nitrogen and oxygen atoms in total. The number of carboxylic acid groups (broad SMARTS) is 1. The Morgan fingerprint density at radius 3 is 2.48 bits per heavy atom. The summed E-state index contributed by atoms with van der Waals surface area (Å²) in [7, 11) is 0.